The maximum absolute atomic E-state index is 13.2. The lowest BCUT2D eigenvalue weighted by Crippen LogP contribution is -2.44. The molecule has 1 rings (SSSR count). The monoisotopic (exact) mass is 298 g/mol. The Morgan fingerprint density at radius 3 is 2.29 bits per heavy atom. The number of Topliss-reactive ketones (excluding diaryl/α,β-unsaturated/α-hetero) is 1. The van der Waals surface area contributed by atoms with Gasteiger partial charge in [-0.1, -0.05) is 6.92 Å². The van der Waals surface area contributed by atoms with E-state index < -0.39 is 17.7 Å². The zero-order valence-corrected chi connectivity index (χ0v) is 12.7. The third-order valence-electron chi connectivity index (χ3n) is 3.37. The smallest absolute Gasteiger partial charge is 0.236 e. The van der Waals surface area contributed by atoms with Crippen LogP contribution in [0.25, 0.3) is 0 Å². The van der Waals surface area contributed by atoms with Crippen LogP contribution in [-0.2, 0) is 4.79 Å². The van der Waals surface area contributed by atoms with Crippen molar-refractivity contribution in [2.45, 2.75) is 19.9 Å². The van der Waals surface area contributed by atoms with E-state index in [-0.39, 0.29) is 23.8 Å². The van der Waals surface area contributed by atoms with Gasteiger partial charge in [-0.15, -0.1) is 0 Å². The molecule has 0 aliphatic carbocycles. The van der Waals surface area contributed by atoms with Crippen LogP contribution in [0.3, 0.4) is 0 Å². The van der Waals surface area contributed by atoms with E-state index in [0.717, 1.165) is 12.1 Å². The summed E-state index contributed by atoms with van der Waals surface area (Å²) in [5.74, 6) is -2.51. The van der Waals surface area contributed by atoms with Gasteiger partial charge in [0.1, 0.15) is 0 Å². The number of rotatable bonds is 6. The quantitative estimate of drug-likeness (QED) is 0.754. The zero-order chi connectivity index (χ0) is 16.2. The van der Waals surface area contributed by atoms with E-state index in [4.69, 9.17) is 0 Å². The van der Waals surface area contributed by atoms with Gasteiger partial charge < -0.3 is 4.90 Å². The van der Waals surface area contributed by atoms with Crippen LogP contribution in [0.15, 0.2) is 18.2 Å². The third-order valence-corrected chi connectivity index (χ3v) is 3.37. The number of benzene rings is 1. The molecule has 1 atom stereocenters. The molecular weight excluding hydrogens is 278 g/mol. The minimum absolute atomic E-state index is 0.0946. The van der Waals surface area contributed by atoms with Gasteiger partial charge in [0.25, 0.3) is 0 Å². The lowest BCUT2D eigenvalue weighted by molar-refractivity contribution is -0.130. The Morgan fingerprint density at radius 2 is 1.81 bits per heavy atom. The summed E-state index contributed by atoms with van der Waals surface area (Å²) in [6, 6.07) is 2.47. The topological polar surface area (TPSA) is 40.6 Å². The predicted molar refractivity (Wildman–Crippen MR) is 76.1 cm³/mol. The van der Waals surface area contributed by atoms with Crippen LogP contribution in [0.4, 0.5) is 8.78 Å². The summed E-state index contributed by atoms with van der Waals surface area (Å²) in [4.78, 5) is 27.2. The number of ketones is 1. The molecule has 1 amide bonds. The summed E-state index contributed by atoms with van der Waals surface area (Å²) in [5.41, 5.74) is 0.0946. The maximum atomic E-state index is 13.2. The van der Waals surface area contributed by atoms with Gasteiger partial charge in [0.2, 0.25) is 5.91 Å². The average molecular weight is 298 g/mol. The maximum Gasteiger partial charge on any atom is 0.236 e. The van der Waals surface area contributed by atoms with Gasteiger partial charge in [-0.3, -0.25) is 14.5 Å². The van der Waals surface area contributed by atoms with Crippen LogP contribution in [0, 0.1) is 11.6 Å². The number of hydrogen-bond acceptors (Lipinski definition) is 3. The minimum Gasteiger partial charge on any atom is -0.348 e. The highest BCUT2D eigenvalue weighted by atomic mass is 19.2. The van der Waals surface area contributed by atoms with E-state index in [1.807, 2.05) is 6.92 Å². The number of halogens is 2. The second-order valence-corrected chi connectivity index (χ2v) is 5.02. The van der Waals surface area contributed by atoms with Crippen LogP contribution in [0.1, 0.15) is 24.2 Å². The van der Waals surface area contributed by atoms with Gasteiger partial charge in [-0.05, 0) is 31.7 Å². The molecule has 0 aliphatic rings. The fourth-order valence-corrected chi connectivity index (χ4v) is 1.89. The lowest BCUT2D eigenvalue weighted by atomic mass is 10.0. The molecule has 0 N–H and O–H groups in total. The number of carbonyl (C=O) groups is 2. The van der Waals surface area contributed by atoms with Crippen molar-refractivity contribution in [2.75, 3.05) is 27.2 Å². The van der Waals surface area contributed by atoms with Crippen LogP contribution in [0.5, 0.6) is 0 Å². The van der Waals surface area contributed by atoms with E-state index in [0.29, 0.717) is 6.54 Å². The predicted octanol–water partition coefficient (Wildman–Crippen LogP) is 1.95. The average Bonchev–Trinajstić information content (AvgIpc) is 2.45. The zero-order valence-electron chi connectivity index (χ0n) is 12.7. The second-order valence-electron chi connectivity index (χ2n) is 5.02. The molecule has 6 heteroatoms. The first-order valence-electron chi connectivity index (χ1n) is 6.71. The van der Waals surface area contributed by atoms with Crippen LogP contribution in [0.2, 0.25) is 0 Å². The fourth-order valence-electron chi connectivity index (χ4n) is 1.89. The van der Waals surface area contributed by atoms with Crippen molar-refractivity contribution >= 4 is 11.7 Å². The molecule has 1 unspecified atom stereocenters. The standard InChI is InChI=1S/C15H20F2N2O2/c1-5-19(9-14(20)18(3)4)10(2)15(21)11-6-7-12(16)13(17)8-11/h6-8,10H,5,9H2,1-4H3. The second kappa shape index (κ2) is 7.26. The molecule has 0 aliphatic heterocycles. The number of nitrogens with zero attached hydrogens (tertiary/aromatic N) is 2. The number of amides is 1. The first kappa shape index (κ1) is 17.2. The third kappa shape index (κ3) is 4.32. The largest absolute Gasteiger partial charge is 0.348 e. The summed E-state index contributed by atoms with van der Waals surface area (Å²) in [7, 11) is 3.27. The molecule has 1 aromatic rings. The van der Waals surface area contributed by atoms with Crippen molar-refractivity contribution < 1.29 is 18.4 Å². The Labute approximate surface area is 123 Å². The highest BCUT2D eigenvalue weighted by molar-refractivity contribution is 6.00. The van der Waals surface area contributed by atoms with Crippen LogP contribution >= 0.6 is 0 Å². The van der Waals surface area contributed by atoms with Gasteiger partial charge >= 0.3 is 0 Å². The number of carbonyl (C=O) groups excluding carboxylic acids is 2. The first-order valence-corrected chi connectivity index (χ1v) is 6.71. The Morgan fingerprint density at radius 1 is 1.19 bits per heavy atom. The summed E-state index contributed by atoms with van der Waals surface area (Å²) >= 11 is 0. The molecule has 0 heterocycles. The van der Waals surface area contributed by atoms with Crippen LogP contribution in [-0.4, -0.2) is 54.7 Å². The molecule has 0 bridgehead atoms. The highest BCUT2D eigenvalue weighted by Crippen LogP contribution is 2.13. The van der Waals surface area contributed by atoms with E-state index in [1.165, 1.54) is 11.0 Å². The van der Waals surface area contributed by atoms with E-state index in [1.54, 1.807) is 25.9 Å². The summed E-state index contributed by atoms with van der Waals surface area (Å²) in [5, 5.41) is 0. The Kier molecular flexibility index (Phi) is 5.96. The van der Waals surface area contributed by atoms with Crippen molar-refractivity contribution in [1.29, 1.82) is 0 Å². The van der Waals surface area contributed by atoms with E-state index in [9.17, 15) is 18.4 Å². The van der Waals surface area contributed by atoms with Crippen molar-refractivity contribution in [1.82, 2.24) is 9.80 Å². The molecule has 0 fully saturated rings. The van der Waals surface area contributed by atoms with Gasteiger partial charge in [0.15, 0.2) is 17.4 Å². The summed E-state index contributed by atoms with van der Waals surface area (Å²) < 4.78 is 26.1. The fraction of sp³-hybridized carbons (Fsp3) is 0.467. The molecule has 116 valence electrons. The van der Waals surface area contributed by atoms with Gasteiger partial charge in [-0.2, -0.15) is 0 Å². The molecule has 4 nitrogen and oxygen atoms in total. The van der Waals surface area contributed by atoms with Gasteiger partial charge in [0.05, 0.1) is 12.6 Å². The van der Waals surface area contributed by atoms with Crippen LogP contribution < -0.4 is 0 Å². The normalized spacial score (nSPS) is 12.3. The van der Waals surface area contributed by atoms with E-state index >= 15 is 0 Å². The molecule has 0 saturated carbocycles. The molecule has 0 radical (unpaired) electrons. The van der Waals surface area contributed by atoms with Crippen molar-refractivity contribution in [3.05, 3.63) is 35.4 Å². The molecule has 21 heavy (non-hydrogen) atoms. The van der Waals surface area contributed by atoms with Crippen molar-refractivity contribution in [3.63, 3.8) is 0 Å². The first-order chi connectivity index (χ1) is 9.77. The van der Waals surface area contributed by atoms with Gasteiger partial charge in [0, 0.05) is 19.7 Å². The van der Waals surface area contributed by atoms with Gasteiger partial charge in [-0.25, -0.2) is 8.78 Å². The summed E-state index contributed by atoms with van der Waals surface area (Å²) in [6.45, 7) is 4.07. The number of hydrogen-bond donors (Lipinski definition) is 0. The Hall–Kier alpha value is -1.82. The number of likely N-dealkylation sites (N-methyl/N-ethyl adjacent to an activating group) is 2. The molecule has 1 aromatic carbocycles. The Balaban J connectivity index is 2.88. The minimum atomic E-state index is -1.06. The summed E-state index contributed by atoms with van der Waals surface area (Å²) in [6.07, 6.45) is 0. The van der Waals surface area contributed by atoms with E-state index in [2.05, 4.69) is 0 Å². The van der Waals surface area contributed by atoms with Crippen molar-refractivity contribution in [2.24, 2.45) is 0 Å². The SMILES string of the molecule is CCN(CC(=O)N(C)C)C(C)C(=O)c1ccc(F)c(F)c1. The molecule has 0 spiro atoms. The molecule has 0 aromatic heterocycles. The Bertz CT molecular complexity index is 532. The van der Waals surface area contributed by atoms with Crippen molar-refractivity contribution in [3.8, 4) is 0 Å². The molecular formula is C15H20F2N2O2. The highest BCUT2D eigenvalue weighted by Gasteiger charge is 2.24. The molecule has 0 saturated heterocycles. The lowest BCUT2D eigenvalue weighted by Gasteiger charge is -2.27.